The Hall–Kier alpha value is -1.81. The van der Waals surface area contributed by atoms with Crippen molar-refractivity contribution in [2.75, 3.05) is 0 Å². The van der Waals surface area contributed by atoms with E-state index in [2.05, 4.69) is 39.9 Å². The Morgan fingerprint density at radius 3 is 2.95 bits per heavy atom. The van der Waals surface area contributed by atoms with Crippen LogP contribution in [0.4, 0.5) is 0 Å². The predicted octanol–water partition coefficient (Wildman–Crippen LogP) is 3.59. The summed E-state index contributed by atoms with van der Waals surface area (Å²) in [7, 11) is 0. The smallest absolute Gasteiger partial charge is 0.169 e. The lowest BCUT2D eigenvalue weighted by Gasteiger charge is -2.08. The standard InChI is InChI=1S/C15H13N3S/c1-10-6-7-11(8-16-10)14-9-18-13-5-3-2-4-12(13)17-15(18)19-14/h2-8,14H,9H2,1H3. The fourth-order valence-corrected chi connectivity index (χ4v) is 3.70. The molecule has 0 saturated carbocycles. The van der Waals surface area contributed by atoms with Crippen LogP contribution in [-0.2, 0) is 6.54 Å². The van der Waals surface area contributed by atoms with E-state index in [4.69, 9.17) is 4.98 Å². The molecular weight excluding hydrogens is 254 g/mol. The number of nitrogens with zero attached hydrogens (tertiary/aromatic N) is 3. The summed E-state index contributed by atoms with van der Waals surface area (Å²) in [5, 5.41) is 1.55. The minimum absolute atomic E-state index is 0.431. The fraction of sp³-hybridized carbons (Fsp3) is 0.200. The largest absolute Gasteiger partial charge is 0.317 e. The zero-order chi connectivity index (χ0) is 12.8. The van der Waals surface area contributed by atoms with Crippen molar-refractivity contribution in [1.29, 1.82) is 0 Å². The number of benzene rings is 1. The molecule has 3 aromatic rings. The second-order valence-corrected chi connectivity index (χ2v) is 6.00. The fourth-order valence-electron chi connectivity index (χ4n) is 2.49. The van der Waals surface area contributed by atoms with Gasteiger partial charge in [0.1, 0.15) is 0 Å². The highest BCUT2D eigenvalue weighted by Crippen LogP contribution is 2.43. The van der Waals surface area contributed by atoms with Crippen LogP contribution in [0, 0.1) is 6.92 Å². The highest BCUT2D eigenvalue weighted by Gasteiger charge is 2.26. The summed E-state index contributed by atoms with van der Waals surface area (Å²) in [5.41, 5.74) is 4.66. The van der Waals surface area contributed by atoms with Gasteiger partial charge in [-0.3, -0.25) is 4.98 Å². The van der Waals surface area contributed by atoms with Gasteiger partial charge in [0, 0.05) is 18.4 Å². The Morgan fingerprint density at radius 1 is 1.21 bits per heavy atom. The van der Waals surface area contributed by atoms with Crippen molar-refractivity contribution in [3.05, 3.63) is 53.9 Å². The summed E-state index contributed by atoms with van der Waals surface area (Å²) < 4.78 is 2.31. The Bertz CT molecular complexity index is 746. The normalized spacial score (nSPS) is 17.8. The number of para-hydroxylation sites is 2. The third kappa shape index (κ3) is 1.75. The molecule has 1 aliphatic rings. The summed E-state index contributed by atoms with van der Waals surface area (Å²) in [6, 6.07) is 12.6. The number of fused-ring (bicyclic) bond motifs is 3. The third-order valence-corrected chi connectivity index (χ3v) is 4.75. The number of rotatable bonds is 1. The van der Waals surface area contributed by atoms with Gasteiger partial charge in [-0.05, 0) is 30.7 Å². The number of thioether (sulfide) groups is 1. The van der Waals surface area contributed by atoms with Crippen molar-refractivity contribution in [2.45, 2.75) is 23.9 Å². The van der Waals surface area contributed by atoms with E-state index in [-0.39, 0.29) is 0 Å². The molecule has 4 heteroatoms. The van der Waals surface area contributed by atoms with Crippen LogP contribution < -0.4 is 0 Å². The van der Waals surface area contributed by atoms with Crippen LogP contribution in [0.25, 0.3) is 11.0 Å². The SMILES string of the molecule is Cc1ccc(C2Cn3c(nc4ccccc43)S2)cn1. The highest BCUT2D eigenvalue weighted by atomic mass is 32.2. The molecule has 1 atom stereocenters. The van der Waals surface area contributed by atoms with Crippen molar-refractivity contribution in [3.8, 4) is 0 Å². The van der Waals surface area contributed by atoms with Gasteiger partial charge in [0.2, 0.25) is 0 Å². The van der Waals surface area contributed by atoms with Gasteiger partial charge < -0.3 is 4.57 Å². The first-order chi connectivity index (χ1) is 9.31. The molecule has 94 valence electrons. The lowest BCUT2D eigenvalue weighted by molar-refractivity contribution is 0.681. The molecule has 0 spiro atoms. The molecule has 0 saturated heterocycles. The van der Waals surface area contributed by atoms with Gasteiger partial charge in [-0.15, -0.1) is 0 Å². The van der Waals surface area contributed by atoms with Crippen LogP contribution >= 0.6 is 11.8 Å². The second-order valence-electron chi connectivity index (χ2n) is 4.83. The van der Waals surface area contributed by atoms with Crippen LogP contribution in [0.5, 0.6) is 0 Å². The van der Waals surface area contributed by atoms with Crippen molar-refractivity contribution < 1.29 is 0 Å². The first-order valence-corrected chi connectivity index (χ1v) is 7.24. The third-order valence-electron chi connectivity index (χ3n) is 3.52. The molecular formula is C15H13N3S. The molecule has 1 unspecified atom stereocenters. The molecule has 0 N–H and O–H groups in total. The van der Waals surface area contributed by atoms with Crippen LogP contribution in [0.15, 0.2) is 47.8 Å². The van der Waals surface area contributed by atoms with Crippen LogP contribution in [0.2, 0.25) is 0 Å². The van der Waals surface area contributed by atoms with E-state index in [1.54, 1.807) is 0 Å². The molecule has 3 nitrogen and oxygen atoms in total. The first-order valence-electron chi connectivity index (χ1n) is 6.36. The van der Waals surface area contributed by atoms with Crippen LogP contribution in [0.1, 0.15) is 16.5 Å². The minimum Gasteiger partial charge on any atom is -0.317 e. The van der Waals surface area contributed by atoms with Gasteiger partial charge in [-0.2, -0.15) is 0 Å². The van der Waals surface area contributed by atoms with Gasteiger partial charge in [0.05, 0.1) is 16.3 Å². The molecule has 1 aromatic carbocycles. The topological polar surface area (TPSA) is 30.7 Å². The number of imidazole rings is 1. The summed E-state index contributed by atoms with van der Waals surface area (Å²) in [6.07, 6.45) is 1.99. The Morgan fingerprint density at radius 2 is 2.11 bits per heavy atom. The zero-order valence-electron chi connectivity index (χ0n) is 10.6. The molecule has 0 bridgehead atoms. The van der Waals surface area contributed by atoms with Gasteiger partial charge in [-0.1, -0.05) is 30.0 Å². The molecule has 3 heterocycles. The Balaban J connectivity index is 1.72. The van der Waals surface area contributed by atoms with Crippen LogP contribution in [0.3, 0.4) is 0 Å². The summed E-state index contributed by atoms with van der Waals surface area (Å²) >= 11 is 1.83. The Labute approximate surface area is 115 Å². The van der Waals surface area contributed by atoms with Gasteiger partial charge >= 0.3 is 0 Å². The van der Waals surface area contributed by atoms with Gasteiger partial charge in [-0.25, -0.2) is 4.98 Å². The van der Waals surface area contributed by atoms with Crippen LogP contribution in [-0.4, -0.2) is 14.5 Å². The van der Waals surface area contributed by atoms with Crippen molar-refractivity contribution in [1.82, 2.24) is 14.5 Å². The van der Waals surface area contributed by atoms with E-state index in [0.717, 1.165) is 22.9 Å². The first kappa shape index (κ1) is 11.1. The molecule has 0 amide bonds. The predicted molar refractivity (Wildman–Crippen MR) is 77.3 cm³/mol. The van der Waals surface area contributed by atoms with E-state index in [1.165, 1.54) is 11.1 Å². The maximum atomic E-state index is 4.69. The second kappa shape index (κ2) is 4.10. The summed E-state index contributed by atoms with van der Waals surface area (Å²) in [4.78, 5) is 9.08. The van der Waals surface area contributed by atoms with Gasteiger partial charge in [0.25, 0.3) is 0 Å². The van der Waals surface area contributed by atoms with E-state index < -0.39 is 0 Å². The number of pyridine rings is 1. The van der Waals surface area contributed by atoms with E-state index in [0.29, 0.717) is 5.25 Å². The molecule has 19 heavy (non-hydrogen) atoms. The number of aromatic nitrogens is 3. The lowest BCUT2D eigenvalue weighted by atomic mass is 10.2. The molecule has 4 rings (SSSR count). The highest BCUT2D eigenvalue weighted by molar-refractivity contribution is 7.99. The summed E-state index contributed by atoms with van der Waals surface area (Å²) in [6.45, 7) is 3.00. The van der Waals surface area contributed by atoms with Gasteiger partial charge in [0.15, 0.2) is 5.16 Å². The molecule has 2 aromatic heterocycles. The van der Waals surface area contributed by atoms with Crippen molar-refractivity contribution in [2.24, 2.45) is 0 Å². The number of hydrogen-bond donors (Lipinski definition) is 0. The molecule has 0 aliphatic carbocycles. The van der Waals surface area contributed by atoms with E-state index in [1.807, 2.05) is 30.9 Å². The Kier molecular flexibility index (Phi) is 2.38. The quantitative estimate of drug-likeness (QED) is 0.675. The maximum Gasteiger partial charge on any atom is 0.169 e. The average Bonchev–Trinajstić information content (AvgIpc) is 2.97. The molecule has 0 radical (unpaired) electrons. The zero-order valence-corrected chi connectivity index (χ0v) is 11.4. The number of hydrogen-bond acceptors (Lipinski definition) is 3. The monoisotopic (exact) mass is 267 g/mol. The maximum absolute atomic E-state index is 4.69. The summed E-state index contributed by atoms with van der Waals surface area (Å²) in [5.74, 6) is 0. The number of aryl methyl sites for hydroxylation is 1. The van der Waals surface area contributed by atoms with E-state index >= 15 is 0 Å². The van der Waals surface area contributed by atoms with Crippen molar-refractivity contribution in [3.63, 3.8) is 0 Å². The van der Waals surface area contributed by atoms with E-state index in [9.17, 15) is 0 Å². The minimum atomic E-state index is 0.431. The van der Waals surface area contributed by atoms with Crippen molar-refractivity contribution >= 4 is 22.8 Å². The lowest BCUT2D eigenvalue weighted by Crippen LogP contribution is -1.99. The molecule has 1 aliphatic heterocycles. The molecule has 0 fully saturated rings. The average molecular weight is 267 g/mol.